The minimum Gasteiger partial charge on any atom is -0.372 e. The first-order valence-corrected chi connectivity index (χ1v) is 51.4. The van der Waals surface area contributed by atoms with Crippen LogP contribution in [-0.4, -0.2) is 244 Å². The number of ether oxygens (including phenoxy) is 2. The second-order valence-electron chi connectivity index (χ2n) is 37.8. The van der Waals surface area contributed by atoms with E-state index in [9.17, 15) is 50.7 Å². The Bertz CT molecular complexity index is 6510. The van der Waals surface area contributed by atoms with Gasteiger partial charge in [-0.3, -0.25) is 37.5 Å². The minimum atomic E-state index is -4.59. The molecule has 6 aliphatic heterocycles. The molecule has 8 fully saturated rings. The van der Waals surface area contributed by atoms with E-state index < -0.39 is 36.5 Å². The van der Waals surface area contributed by atoms with E-state index in [1.165, 1.54) is 27.3 Å². The maximum Gasteiger partial charge on any atom is 0.419 e. The summed E-state index contributed by atoms with van der Waals surface area (Å²) < 4.78 is 78.7. The van der Waals surface area contributed by atoms with E-state index in [1.54, 1.807) is 55.9 Å². The van der Waals surface area contributed by atoms with Crippen molar-refractivity contribution in [2.24, 2.45) is 46.4 Å². The molecule has 6 saturated heterocycles. The molecule has 0 spiro atoms. The average molecular weight is 2200 g/mol. The molecule has 0 bridgehead atoms. The van der Waals surface area contributed by atoms with Gasteiger partial charge in [-0.2, -0.15) is 13.2 Å². The number of amides is 6. The number of carbonyl (C=O) groups is 6. The van der Waals surface area contributed by atoms with E-state index in [4.69, 9.17) is 49.7 Å². The minimum absolute atomic E-state index is 0.00994. The summed E-state index contributed by atoms with van der Waals surface area (Å²) in [5.74, 6) is -0.0717. The molecule has 2 saturated carbocycles. The predicted octanol–water partition coefficient (Wildman–Crippen LogP) is 15.8. The van der Waals surface area contributed by atoms with Crippen molar-refractivity contribution in [3.8, 4) is 0 Å². The van der Waals surface area contributed by atoms with Gasteiger partial charge in [0.15, 0.2) is 0 Å². The molecule has 6 amide bonds. The van der Waals surface area contributed by atoms with Crippen molar-refractivity contribution >= 4 is 229 Å². The number of nitrogens with zero attached hydrogens (tertiary/aromatic N) is 12. The van der Waals surface area contributed by atoms with Gasteiger partial charge in [0.2, 0.25) is 23.6 Å². The monoisotopic (exact) mass is 2190 g/mol. The van der Waals surface area contributed by atoms with Crippen LogP contribution in [0.5, 0.6) is 0 Å². The van der Waals surface area contributed by atoms with E-state index in [0.717, 1.165) is 276 Å². The Hall–Kier alpha value is -11.1. The standard InChI is InChI=1S/C19H24BrFN4O.C17H22F3N5O2.C17H23N5O.C16H22ClN5O2.C15H19BrFN5O.C13H16BrN5O/c20-14-9-22-18-16(15(10-23-18)24-19(26)13-5-6-13)17(14)25-8-2-4-12(11-25)3-1-7-21;1-9(27-2)16(26)24-12-7-23-15-13(12)14(11(6-22-15)17(18,19)20)25-5-3-4-10(21)8-25;1-10-7-19-16-14(15(10)22-6-2-3-12(18)9-22)13(8-20-16)21-17(23)11-4-5-11;1-9(24-2)16(23)21-12-7-20-15-13(12)14(11(17)6-19-15)22-5-3-4-10(18)8-22;16-10-6-19-15-13(11(7-20-15)21-12(23)3-4-17)14(10)22-5-1-2-9(18)8-22;1-7(20)18-10-5-17-13-11(10)12(9(14)4-16-13)19-3-2-8(15)6-19/h9-10,12-13H,1-8,11H2,(H,22,23)(H,24,26);6-7,9-10H,3-5,8,21H2,1-2H3,(H,22,23)(H,24,26);7-8,11-12H,2-6,9,18H2,1H3,(H,19,20)(H,21,23);6-7,9-10H,3-5,8,18H2,1-2H3,(H,19,20)(H,21,23);6-7,9H,1-5,8,18H2,(H,19,20)(H,21,23);4-5,8H,2-3,6,15H2,1H3,(H,16,17)(H,18,20)/t12-;9-,10-;12-;9-,10-;9-;8-/m111110/s1. The van der Waals surface area contributed by atoms with Crippen LogP contribution < -0.4 is 90.0 Å². The van der Waals surface area contributed by atoms with E-state index in [-0.39, 0.29) is 107 Å². The fourth-order valence-electron chi connectivity index (χ4n) is 19.3. The van der Waals surface area contributed by atoms with Crippen LogP contribution in [0.4, 0.5) is 90.2 Å². The van der Waals surface area contributed by atoms with Crippen LogP contribution in [0, 0.1) is 24.7 Å². The quantitative estimate of drug-likeness (QED) is 0.0264. The van der Waals surface area contributed by atoms with Gasteiger partial charge in [0.1, 0.15) is 46.1 Å². The van der Waals surface area contributed by atoms with Crippen molar-refractivity contribution in [3.63, 3.8) is 0 Å². The molecule has 12 aromatic heterocycles. The van der Waals surface area contributed by atoms with E-state index in [1.807, 2.05) is 24.8 Å². The van der Waals surface area contributed by atoms with Gasteiger partial charge in [-0.1, -0.05) is 11.6 Å². The molecule has 0 unspecified atom stereocenters. The Morgan fingerprint density at radius 2 is 0.755 bits per heavy atom. The lowest BCUT2D eigenvalue weighted by molar-refractivity contribution is -0.137. The zero-order valence-corrected chi connectivity index (χ0v) is 86.3. The summed E-state index contributed by atoms with van der Waals surface area (Å²) >= 11 is 17.2. The second kappa shape index (κ2) is 47.8. The van der Waals surface area contributed by atoms with Gasteiger partial charge in [0.25, 0.3) is 11.8 Å². The highest BCUT2D eigenvalue weighted by atomic mass is 79.9. The van der Waals surface area contributed by atoms with E-state index in [0.29, 0.717) is 59.5 Å². The molecule has 37 nitrogen and oxygen atoms in total. The summed E-state index contributed by atoms with van der Waals surface area (Å²) in [5.41, 5.74) is 43.5. The normalized spacial score (nSPS) is 19.7. The molecule has 18 heterocycles. The molecule has 20 rings (SSSR count). The largest absolute Gasteiger partial charge is 0.419 e. The lowest BCUT2D eigenvalue weighted by Crippen LogP contribution is -2.43. The van der Waals surface area contributed by atoms with Crippen LogP contribution >= 0.6 is 59.4 Å². The van der Waals surface area contributed by atoms with Crippen LogP contribution in [0.25, 0.3) is 66.2 Å². The maximum absolute atomic E-state index is 13.7. The van der Waals surface area contributed by atoms with Crippen molar-refractivity contribution in [2.75, 3.05) is 167 Å². The Labute approximate surface area is 853 Å². The van der Waals surface area contributed by atoms with Crippen LogP contribution in [0.1, 0.15) is 147 Å². The zero-order valence-electron chi connectivity index (χ0n) is 80.8. The number of hydrogen-bond donors (Lipinski definition) is 17. The lowest BCUT2D eigenvalue weighted by atomic mass is 9.93. The molecule has 22 N–H and O–H groups in total. The number of aryl methyl sites for hydroxylation is 1. The second-order valence-corrected chi connectivity index (χ2v) is 40.8. The van der Waals surface area contributed by atoms with Gasteiger partial charge in [0.05, 0.1) is 151 Å². The number of H-pyrrole nitrogens is 6. The highest BCUT2D eigenvalue weighted by molar-refractivity contribution is 9.11. The smallest absolute Gasteiger partial charge is 0.372 e. The molecular formula is C97H126Br3ClF5N29O8. The number of carbonyl (C=O) groups excluding carboxylic acids is 6. The van der Waals surface area contributed by atoms with Crippen molar-refractivity contribution in [1.82, 2.24) is 59.8 Å². The summed E-state index contributed by atoms with van der Waals surface area (Å²) in [6.45, 7) is 15.3. The number of methoxy groups -OCH3 is 2. The number of alkyl halides is 5. The van der Waals surface area contributed by atoms with Gasteiger partial charge in [-0.05, 0) is 189 Å². The number of fused-ring (bicyclic) bond motifs is 6. The van der Waals surface area contributed by atoms with Crippen LogP contribution in [0.3, 0.4) is 0 Å². The first kappa shape index (κ1) is 106. The van der Waals surface area contributed by atoms with Gasteiger partial charge in [-0.15, -0.1) is 0 Å². The van der Waals surface area contributed by atoms with Crippen LogP contribution in [0.2, 0.25) is 5.02 Å². The van der Waals surface area contributed by atoms with Gasteiger partial charge >= 0.3 is 6.18 Å². The van der Waals surface area contributed by atoms with Crippen LogP contribution in [-0.2, 0) is 44.4 Å². The van der Waals surface area contributed by atoms with Crippen molar-refractivity contribution in [1.29, 1.82) is 0 Å². The number of halogens is 9. The summed E-state index contributed by atoms with van der Waals surface area (Å²) in [4.78, 5) is 129. The topological polar surface area (TPSA) is 515 Å². The first-order valence-electron chi connectivity index (χ1n) is 48.6. The highest BCUT2D eigenvalue weighted by Gasteiger charge is 2.41. The van der Waals surface area contributed by atoms with Crippen molar-refractivity contribution in [3.05, 3.63) is 104 Å². The van der Waals surface area contributed by atoms with Crippen LogP contribution in [0.15, 0.2) is 87.8 Å². The summed E-state index contributed by atoms with van der Waals surface area (Å²) in [5, 5.41) is 22.5. The molecule has 46 heteroatoms. The number of pyridine rings is 6. The number of aromatic amines is 6. The average Bonchev–Trinajstić information content (AvgIpc) is 1.64. The fourth-order valence-corrected chi connectivity index (χ4v) is 21.2. The molecule has 770 valence electrons. The Balaban J connectivity index is 0.000000130. The molecule has 0 radical (unpaired) electrons. The molecule has 0 aromatic carbocycles. The van der Waals surface area contributed by atoms with Gasteiger partial charge < -0.3 is 129 Å². The third kappa shape index (κ3) is 25.7. The summed E-state index contributed by atoms with van der Waals surface area (Å²) in [7, 11) is 2.88. The highest BCUT2D eigenvalue weighted by Crippen LogP contribution is 2.48. The van der Waals surface area contributed by atoms with Gasteiger partial charge in [-0.25, -0.2) is 29.9 Å². The third-order valence-electron chi connectivity index (χ3n) is 26.9. The van der Waals surface area contributed by atoms with Crippen molar-refractivity contribution < 1.29 is 60.2 Å². The number of anilines is 12. The number of piperidine rings is 5. The molecule has 8 aliphatic rings. The molecular weight excluding hydrogens is 2070 g/mol. The Morgan fingerprint density at radius 1 is 0.427 bits per heavy atom. The predicted molar refractivity (Wildman–Crippen MR) is 563 cm³/mol. The molecule has 8 atom stereocenters. The Kier molecular flexibility index (Phi) is 35.5. The van der Waals surface area contributed by atoms with E-state index in [2.05, 4.69) is 171 Å². The third-order valence-corrected chi connectivity index (χ3v) is 28.9. The maximum atomic E-state index is 13.7. The number of hydrogen-bond acceptors (Lipinski definition) is 25. The zero-order chi connectivity index (χ0) is 102. The number of rotatable bonds is 23. The SMILES string of the molecule is CC(=O)Nc1c[nH]c2ncc(Br)c(N3CC[C@H](N)C3)c12.CO[C@H](C)C(=O)Nc1c[nH]c2ncc(C(F)(F)F)c(N3CCC[C@@H](N)C3)c12.CO[C@H](C)C(=O)Nc1c[nH]c2ncc(Cl)c(N3CCC[C@@H](N)C3)c12.Cc1cnc2[nH]cc(NC(=O)C3CC3)c2c1N1CCC[C@@H](N)C1.N[C@@H]1CCCN(c2c(Br)cnc3[nH]cc(NC(=O)CCF)c23)C1.O=C(Nc1c[nH]c2ncc(Br)c(N3CCC[C@@H](CCCF)C3)c12)C1CC1. The fraction of sp³-hybridized carbons (Fsp3) is 0.505. The molecule has 143 heavy (non-hydrogen) atoms. The number of nitrogens with two attached hydrogens (primary N) is 5. The molecule has 2 aliphatic carbocycles. The summed E-state index contributed by atoms with van der Waals surface area (Å²) in [6.07, 6.45) is 30.3. The summed E-state index contributed by atoms with van der Waals surface area (Å²) in [6, 6.07) is 0.419. The Morgan fingerprint density at radius 3 is 1.13 bits per heavy atom. The lowest BCUT2D eigenvalue weighted by Gasteiger charge is -2.35. The molecule has 12 aromatic rings. The van der Waals surface area contributed by atoms with E-state index >= 15 is 0 Å². The number of nitrogens with one attached hydrogen (secondary N) is 12. The van der Waals surface area contributed by atoms with Crippen molar-refractivity contribution in [2.45, 2.75) is 192 Å². The first-order chi connectivity index (χ1) is 68.7. The van der Waals surface area contributed by atoms with Gasteiger partial charge in [0, 0.05) is 210 Å². The number of aromatic nitrogens is 12.